The number of carboxylic acid groups (broad SMARTS) is 1. The molecule has 9 heteroatoms. The molecule has 2 aromatic rings. The summed E-state index contributed by atoms with van der Waals surface area (Å²) in [5, 5.41) is 14.8. The number of fused-ring (bicyclic) bond motifs is 1. The molecular formula is C30H39N3O6. The number of nitrogens with one attached hydrogen (secondary N) is 2. The summed E-state index contributed by atoms with van der Waals surface area (Å²) in [5.41, 5.74) is 1.53. The smallest absolute Gasteiger partial charge is 0.341 e. The van der Waals surface area contributed by atoms with Crippen LogP contribution in [0.5, 0.6) is 11.5 Å². The number of likely N-dealkylation sites (tertiary alicyclic amines) is 1. The van der Waals surface area contributed by atoms with E-state index in [1.165, 1.54) is 0 Å². The third-order valence-corrected chi connectivity index (χ3v) is 7.74. The van der Waals surface area contributed by atoms with Gasteiger partial charge in [-0.15, -0.1) is 0 Å². The monoisotopic (exact) mass is 537 g/mol. The van der Waals surface area contributed by atoms with Crippen LogP contribution < -0.4 is 20.1 Å². The van der Waals surface area contributed by atoms with Crippen molar-refractivity contribution in [1.29, 1.82) is 0 Å². The summed E-state index contributed by atoms with van der Waals surface area (Å²) >= 11 is 0. The lowest BCUT2D eigenvalue weighted by Gasteiger charge is -2.41. The molecule has 4 rings (SSSR count). The lowest BCUT2D eigenvalue weighted by molar-refractivity contribution is -0.139. The highest BCUT2D eigenvalue weighted by Crippen LogP contribution is 2.38. The molecule has 2 heterocycles. The zero-order valence-electron chi connectivity index (χ0n) is 22.6. The maximum Gasteiger partial charge on any atom is 0.341 e. The molecule has 1 saturated heterocycles. The number of hydrogen-bond donors (Lipinski definition) is 3. The lowest BCUT2D eigenvalue weighted by atomic mass is 9.73. The first-order valence-corrected chi connectivity index (χ1v) is 13.8. The van der Waals surface area contributed by atoms with E-state index in [0.29, 0.717) is 38.3 Å². The quantitative estimate of drug-likeness (QED) is 0.536. The number of rotatable bonds is 5. The number of aryl methyl sites for hydroxylation is 1. The number of piperidine rings is 1. The third-order valence-electron chi connectivity index (χ3n) is 7.74. The van der Waals surface area contributed by atoms with E-state index in [1.807, 2.05) is 36.4 Å². The molecule has 2 aliphatic heterocycles. The molecule has 0 aromatic heterocycles. The van der Waals surface area contributed by atoms with Crippen LogP contribution in [0.1, 0.15) is 50.2 Å². The number of amides is 2. The van der Waals surface area contributed by atoms with Crippen molar-refractivity contribution in [2.24, 2.45) is 5.41 Å². The topological polar surface area (TPSA) is 117 Å². The maximum atomic E-state index is 13.6. The van der Waals surface area contributed by atoms with Crippen LogP contribution in [0.15, 0.2) is 48.5 Å². The molecule has 3 N–H and O–H groups in total. The third kappa shape index (κ3) is 7.72. The van der Waals surface area contributed by atoms with Crippen molar-refractivity contribution < 1.29 is 29.0 Å². The highest BCUT2D eigenvalue weighted by molar-refractivity contribution is 5.90. The van der Waals surface area contributed by atoms with Crippen molar-refractivity contribution in [1.82, 2.24) is 15.5 Å². The maximum absolute atomic E-state index is 13.6. The van der Waals surface area contributed by atoms with Crippen LogP contribution in [0.2, 0.25) is 0 Å². The fraction of sp³-hybridized carbons (Fsp3) is 0.500. The predicted octanol–water partition coefficient (Wildman–Crippen LogP) is 3.16. The van der Waals surface area contributed by atoms with Crippen molar-refractivity contribution in [2.75, 3.05) is 32.8 Å². The van der Waals surface area contributed by atoms with Crippen molar-refractivity contribution >= 4 is 17.8 Å². The molecule has 2 amide bonds. The summed E-state index contributed by atoms with van der Waals surface area (Å²) in [6.45, 7) is 4.12. The molecule has 0 aliphatic carbocycles. The summed E-state index contributed by atoms with van der Waals surface area (Å²) < 4.78 is 11.4. The summed E-state index contributed by atoms with van der Waals surface area (Å²) in [6.07, 6.45) is 4.84. The van der Waals surface area contributed by atoms with Gasteiger partial charge in [-0.2, -0.15) is 0 Å². The van der Waals surface area contributed by atoms with Gasteiger partial charge in [0.25, 0.3) is 0 Å². The van der Waals surface area contributed by atoms with Gasteiger partial charge >= 0.3 is 5.97 Å². The van der Waals surface area contributed by atoms with E-state index in [4.69, 9.17) is 14.6 Å². The van der Waals surface area contributed by atoms with Gasteiger partial charge in [0.2, 0.25) is 11.8 Å². The number of benzene rings is 2. The summed E-state index contributed by atoms with van der Waals surface area (Å²) in [5.74, 6) is 0.122. The Kier molecular flexibility index (Phi) is 9.81. The molecular weight excluding hydrogens is 498 g/mol. The SMILES string of the molecule is C[C@@H]1NC(=O)C2(CCCCc3ccccc3OCCNC1=O)CCN(Cc1ccccc1OCC(=O)O)CC2. The number of ether oxygens (including phenoxy) is 2. The summed E-state index contributed by atoms with van der Waals surface area (Å²) in [6, 6.07) is 14.8. The van der Waals surface area contributed by atoms with Crippen LogP contribution in [0.4, 0.5) is 0 Å². The minimum Gasteiger partial charge on any atom is -0.491 e. The van der Waals surface area contributed by atoms with Crippen molar-refractivity contribution in [3.63, 3.8) is 0 Å². The number of carbonyl (C=O) groups excluding carboxylic acids is 2. The van der Waals surface area contributed by atoms with E-state index in [2.05, 4.69) is 21.6 Å². The molecule has 0 radical (unpaired) electrons. The van der Waals surface area contributed by atoms with Gasteiger partial charge in [-0.05, 0) is 69.8 Å². The number of aliphatic carboxylic acids is 1. The fourth-order valence-electron chi connectivity index (χ4n) is 5.42. The zero-order valence-corrected chi connectivity index (χ0v) is 22.6. The Morgan fingerprint density at radius 1 is 1.08 bits per heavy atom. The van der Waals surface area contributed by atoms with Gasteiger partial charge in [-0.1, -0.05) is 42.8 Å². The van der Waals surface area contributed by atoms with Crippen molar-refractivity contribution in [3.05, 3.63) is 59.7 Å². The Morgan fingerprint density at radius 3 is 2.62 bits per heavy atom. The number of carboxylic acids is 1. The second-order valence-electron chi connectivity index (χ2n) is 10.5. The number of nitrogens with zero attached hydrogens (tertiary/aromatic N) is 1. The second-order valence-corrected chi connectivity index (χ2v) is 10.5. The molecule has 0 bridgehead atoms. The number of carbonyl (C=O) groups is 3. The number of para-hydroxylation sites is 2. The molecule has 9 nitrogen and oxygen atoms in total. The fourth-order valence-corrected chi connectivity index (χ4v) is 5.42. The first kappa shape index (κ1) is 28.4. The Morgan fingerprint density at radius 2 is 1.82 bits per heavy atom. The first-order chi connectivity index (χ1) is 18.9. The molecule has 2 aromatic carbocycles. The average molecular weight is 538 g/mol. The highest BCUT2D eigenvalue weighted by Gasteiger charge is 2.41. The van der Waals surface area contributed by atoms with Gasteiger partial charge < -0.3 is 25.2 Å². The Balaban J connectivity index is 1.44. The zero-order chi connectivity index (χ0) is 27.7. The van der Waals surface area contributed by atoms with Crippen LogP contribution in [0.3, 0.4) is 0 Å². The van der Waals surface area contributed by atoms with E-state index in [0.717, 1.165) is 55.6 Å². The van der Waals surface area contributed by atoms with Crippen LogP contribution in [-0.4, -0.2) is 66.7 Å². The van der Waals surface area contributed by atoms with E-state index < -0.39 is 17.4 Å². The molecule has 0 unspecified atom stereocenters. The number of hydrogen-bond acceptors (Lipinski definition) is 6. The Labute approximate surface area is 229 Å². The minimum absolute atomic E-state index is 0.0542. The Hall–Kier alpha value is -3.59. The largest absolute Gasteiger partial charge is 0.491 e. The van der Waals surface area contributed by atoms with Gasteiger partial charge in [-0.25, -0.2) is 4.79 Å². The molecule has 1 spiro atoms. The van der Waals surface area contributed by atoms with Gasteiger partial charge in [0.1, 0.15) is 24.1 Å². The normalized spacial score (nSPS) is 20.9. The van der Waals surface area contributed by atoms with Gasteiger partial charge in [0.05, 0.1) is 12.0 Å². The first-order valence-electron chi connectivity index (χ1n) is 13.8. The van der Waals surface area contributed by atoms with Crippen LogP contribution in [0.25, 0.3) is 0 Å². The van der Waals surface area contributed by atoms with E-state index in [1.54, 1.807) is 13.0 Å². The second kappa shape index (κ2) is 13.5. The average Bonchev–Trinajstić information content (AvgIpc) is 2.94. The van der Waals surface area contributed by atoms with Gasteiger partial charge in [-0.3, -0.25) is 14.5 Å². The van der Waals surface area contributed by atoms with E-state index >= 15 is 0 Å². The summed E-state index contributed by atoms with van der Waals surface area (Å²) in [7, 11) is 0. The van der Waals surface area contributed by atoms with Gasteiger partial charge in [0, 0.05) is 12.1 Å². The highest BCUT2D eigenvalue weighted by atomic mass is 16.5. The molecule has 39 heavy (non-hydrogen) atoms. The molecule has 210 valence electrons. The summed E-state index contributed by atoms with van der Waals surface area (Å²) in [4.78, 5) is 39.5. The van der Waals surface area contributed by atoms with E-state index in [-0.39, 0.29) is 18.4 Å². The van der Waals surface area contributed by atoms with Crippen molar-refractivity contribution in [3.8, 4) is 11.5 Å². The molecule has 2 aliphatic rings. The predicted molar refractivity (Wildman–Crippen MR) is 147 cm³/mol. The standard InChI is InChI=1S/C30H39N3O6/c1-22-28(36)31-16-19-38-25-11-4-2-8-23(25)9-6-7-13-30(29(37)32-22)14-17-33(18-15-30)20-24-10-3-5-12-26(24)39-21-27(34)35/h2-5,8,10-12,22H,6-7,9,13-21H2,1H3,(H,31,36)(H,32,37)(H,34,35)/t22-/m0/s1. The molecule has 1 fully saturated rings. The lowest BCUT2D eigenvalue weighted by Crippen LogP contribution is -2.53. The van der Waals surface area contributed by atoms with Crippen LogP contribution in [-0.2, 0) is 27.3 Å². The van der Waals surface area contributed by atoms with Crippen LogP contribution in [0, 0.1) is 5.41 Å². The molecule has 1 atom stereocenters. The Bertz CT molecular complexity index is 1150. The minimum atomic E-state index is -1.01. The van der Waals surface area contributed by atoms with Crippen LogP contribution >= 0.6 is 0 Å². The van der Waals surface area contributed by atoms with Crippen molar-refractivity contribution in [2.45, 2.75) is 58.0 Å². The van der Waals surface area contributed by atoms with Gasteiger partial charge in [0.15, 0.2) is 6.61 Å². The molecule has 0 saturated carbocycles. The van der Waals surface area contributed by atoms with E-state index in [9.17, 15) is 14.4 Å².